The molecule has 0 aliphatic rings. The Labute approximate surface area is 117 Å². The lowest BCUT2D eigenvalue weighted by Gasteiger charge is -2.32. The Hall–Kier alpha value is 0.0499. The first-order chi connectivity index (χ1) is 8.23. The molecule has 4 heteroatoms. The fraction of sp³-hybridized carbons (Fsp3) is 1.00. The van der Waals surface area contributed by atoms with Gasteiger partial charge in [0.05, 0.1) is 0 Å². The molecule has 0 aromatic heterocycles. The van der Waals surface area contributed by atoms with Crippen molar-refractivity contribution < 1.29 is 0 Å². The average Bonchev–Trinajstić information content (AvgIpc) is 2.23. The highest BCUT2D eigenvalue weighted by Crippen LogP contribution is 2.11. The standard InChI is InChI=1S/C14H34B2N2/c1-11(2)9-13(5)17(15)7-8-18(16)14(6)10-12(3)4/h11-14H,7-10,15-16H2,1-6H3. The van der Waals surface area contributed by atoms with Gasteiger partial charge in [0.1, 0.15) is 0 Å². The van der Waals surface area contributed by atoms with Crippen molar-refractivity contribution in [3.05, 3.63) is 0 Å². The van der Waals surface area contributed by atoms with Gasteiger partial charge in [0, 0.05) is 0 Å². The van der Waals surface area contributed by atoms with E-state index in [1.807, 2.05) is 0 Å². The Balaban J connectivity index is 3.93. The monoisotopic (exact) mass is 252 g/mol. The lowest BCUT2D eigenvalue weighted by Crippen LogP contribution is -2.41. The van der Waals surface area contributed by atoms with E-state index in [4.69, 9.17) is 0 Å². The second-order valence-corrected chi connectivity index (χ2v) is 6.92. The number of hydrogen-bond donors (Lipinski definition) is 0. The molecule has 2 nitrogen and oxygen atoms in total. The van der Waals surface area contributed by atoms with Gasteiger partial charge in [-0.2, -0.15) is 0 Å². The summed E-state index contributed by atoms with van der Waals surface area (Å²) in [5, 5.41) is 0. The minimum atomic E-state index is 0.693. The van der Waals surface area contributed by atoms with Gasteiger partial charge in [-0.3, -0.25) is 0 Å². The van der Waals surface area contributed by atoms with E-state index in [-0.39, 0.29) is 0 Å². The van der Waals surface area contributed by atoms with Gasteiger partial charge < -0.3 is 9.62 Å². The highest BCUT2D eigenvalue weighted by molar-refractivity contribution is 6.05. The topological polar surface area (TPSA) is 6.48 Å². The minimum Gasteiger partial charge on any atom is -0.345 e. The molecule has 0 aliphatic heterocycles. The Morgan fingerprint density at radius 1 is 0.667 bits per heavy atom. The maximum absolute atomic E-state index is 2.50. The Morgan fingerprint density at radius 2 is 0.944 bits per heavy atom. The molecule has 0 fully saturated rings. The van der Waals surface area contributed by atoms with E-state index in [2.05, 4.69) is 67.1 Å². The van der Waals surface area contributed by atoms with Crippen molar-refractivity contribution in [2.75, 3.05) is 13.1 Å². The van der Waals surface area contributed by atoms with Crippen LogP contribution in [0.25, 0.3) is 0 Å². The molecule has 0 saturated heterocycles. The smallest absolute Gasteiger partial charge is 0.185 e. The summed E-state index contributed by atoms with van der Waals surface area (Å²) in [4.78, 5) is 5.00. The van der Waals surface area contributed by atoms with Crippen molar-refractivity contribution in [2.45, 2.75) is 66.5 Å². The molecule has 18 heavy (non-hydrogen) atoms. The highest BCUT2D eigenvalue weighted by Gasteiger charge is 2.14. The molecule has 0 aromatic rings. The molecule has 0 aromatic carbocycles. The van der Waals surface area contributed by atoms with Gasteiger partial charge in [-0.05, 0) is 49.9 Å². The van der Waals surface area contributed by atoms with Crippen LogP contribution in [-0.2, 0) is 0 Å². The molecule has 0 amide bonds. The lowest BCUT2D eigenvalue weighted by atomic mass is 10.00. The summed E-state index contributed by atoms with van der Waals surface area (Å²) in [5.41, 5.74) is 0. The maximum Gasteiger partial charge on any atom is 0.185 e. The summed E-state index contributed by atoms with van der Waals surface area (Å²) in [7, 11) is 4.52. The molecule has 0 heterocycles. The van der Waals surface area contributed by atoms with Crippen LogP contribution in [-0.4, -0.2) is 50.8 Å². The molecule has 0 aliphatic carbocycles. The molecule has 106 valence electrons. The Kier molecular flexibility index (Phi) is 9.06. The van der Waals surface area contributed by atoms with E-state index >= 15 is 0 Å². The van der Waals surface area contributed by atoms with Crippen LogP contribution in [0.15, 0.2) is 0 Å². The van der Waals surface area contributed by atoms with Crippen molar-refractivity contribution in [2.24, 2.45) is 11.8 Å². The van der Waals surface area contributed by atoms with E-state index in [0.29, 0.717) is 12.1 Å². The van der Waals surface area contributed by atoms with Gasteiger partial charge >= 0.3 is 0 Å². The molecule has 2 unspecified atom stereocenters. The predicted molar refractivity (Wildman–Crippen MR) is 88.3 cm³/mol. The van der Waals surface area contributed by atoms with Crippen LogP contribution >= 0.6 is 0 Å². The minimum absolute atomic E-state index is 0.693. The molecule has 0 radical (unpaired) electrons. The molecule has 0 bridgehead atoms. The third-order valence-electron chi connectivity index (χ3n) is 3.94. The predicted octanol–water partition coefficient (Wildman–Crippen LogP) is 1.56. The van der Waals surface area contributed by atoms with Crippen LogP contribution in [0.5, 0.6) is 0 Å². The van der Waals surface area contributed by atoms with Crippen LogP contribution in [0.2, 0.25) is 0 Å². The van der Waals surface area contributed by atoms with Gasteiger partial charge in [0.25, 0.3) is 0 Å². The number of nitrogens with zero attached hydrogens (tertiary/aromatic N) is 2. The Bertz CT molecular complexity index is 188. The summed E-state index contributed by atoms with van der Waals surface area (Å²) in [6, 6.07) is 1.39. The lowest BCUT2D eigenvalue weighted by molar-refractivity contribution is 0.254. The van der Waals surface area contributed by atoms with Crippen molar-refractivity contribution in [1.82, 2.24) is 9.62 Å². The van der Waals surface area contributed by atoms with Gasteiger partial charge in [-0.1, -0.05) is 41.5 Å². The van der Waals surface area contributed by atoms with Gasteiger partial charge in [0.2, 0.25) is 0 Å². The van der Waals surface area contributed by atoms with E-state index in [9.17, 15) is 0 Å². The first kappa shape index (κ1) is 18.0. The van der Waals surface area contributed by atoms with E-state index < -0.39 is 0 Å². The molecule has 0 spiro atoms. The van der Waals surface area contributed by atoms with Crippen LogP contribution in [0.3, 0.4) is 0 Å². The van der Waals surface area contributed by atoms with Gasteiger partial charge in [0.15, 0.2) is 16.0 Å². The molecule has 0 N–H and O–H groups in total. The number of hydrogen-bond acceptors (Lipinski definition) is 2. The van der Waals surface area contributed by atoms with Gasteiger partial charge in [-0.15, -0.1) is 0 Å². The van der Waals surface area contributed by atoms with Crippen molar-refractivity contribution in [3.63, 3.8) is 0 Å². The summed E-state index contributed by atoms with van der Waals surface area (Å²) in [5.74, 6) is 1.58. The van der Waals surface area contributed by atoms with Crippen molar-refractivity contribution >= 4 is 16.0 Å². The highest BCUT2D eigenvalue weighted by atomic mass is 15.1. The Morgan fingerprint density at radius 3 is 1.17 bits per heavy atom. The zero-order valence-corrected chi connectivity index (χ0v) is 14.0. The molecule has 0 saturated carbocycles. The molecular formula is C14H34B2N2. The third-order valence-corrected chi connectivity index (χ3v) is 3.94. The number of rotatable bonds is 9. The summed E-state index contributed by atoms with van der Waals surface area (Å²) in [6.45, 7) is 16.3. The second kappa shape index (κ2) is 9.03. The fourth-order valence-electron chi connectivity index (χ4n) is 2.48. The van der Waals surface area contributed by atoms with E-state index in [1.165, 1.54) is 25.9 Å². The summed E-state index contributed by atoms with van der Waals surface area (Å²) >= 11 is 0. The van der Waals surface area contributed by atoms with Crippen LogP contribution in [0.4, 0.5) is 0 Å². The third kappa shape index (κ3) is 8.20. The SMILES string of the molecule is BN(CCN(B)C(C)CC(C)C)C(C)CC(C)C. The largest absolute Gasteiger partial charge is 0.345 e. The van der Waals surface area contributed by atoms with Crippen LogP contribution < -0.4 is 0 Å². The second-order valence-electron chi connectivity index (χ2n) is 6.92. The van der Waals surface area contributed by atoms with E-state index in [1.54, 1.807) is 0 Å². The molecule has 0 rings (SSSR count). The summed E-state index contributed by atoms with van der Waals surface area (Å²) < 4.78 is 0. The average molecular weight is 252 g/mol. The van der Waals surface area contributed by atoms with E-state index in [0.717, 1.165) is 11.8 Å². The summed E-state index contributed by atoms with van der Waals surface area (Å²) in [6.07, 6.45) is 2.59. The first-order valence-electron chi connectivity index (χ1n) is 7.64. The van der Waals surface area contributed by atoms with Gasteiger partial charge in [-0.25, -0.2) is 0 Å². The first-order valence-corrected chi connectivity index (χ1v) is 7.64. The van der Waals surface area contributed by atoms with Crippen molar-refractivity contribution in [3.8, 4) is 0 Å². The maximum atomic E-state index is 2.50. The molecule has 2 atom stereocenters. The van der Waals surface area contributed by atoms with Crippen molar-refractivity contribution in [1.29, 1.82) is 0 Å². The fourth-order valence-corrected chi connectivity index (χ4v) is 2.48. The quantitative estimate of drug-likeness (QED) is 0.574. The zero-order chi connectivity index (χ0) is 14.3. The molecular weight excluding hydrogens is 218 g/mol. The zero-order valence-electron chi connectivity index (χ0n) is 14.0. The van der Waals surface area contributed by atoms with Crippen LogP contribution in [0.1, 0.15) is 54.4 Å². The van der Waals surface area contributed by atoms with Crippen LogP contribution in [0, 0.1) is 11.8 Å². The normalized spacial score (nSPS) is 15.9.